The zero-order chi connectivity index (χ0) is 17.0. The van der Waals surface area contributed by atoms with Gasteiger partial charge in [0.2, 0.25) is 10.0 Å². The van der Waals surface area contributed by atoms with Crippen molar-refractivity contribution >= 4 is 39.1 Å². The molecule has 0 N–H and O–H groups in total. The van der Waals surface area contributed by atoms with Gasteiger partial charge in [-0.25, -0.2) is 17.5 Å². The fourth-order valence-corrected chi connectivity index (χ4v) is 3.63. The molecule has 0 saturated carbocycles. The zero-order valence-corrected chi connectivity index (χ0v) is 14.6. The molecular formula is C16H17NO4S2. The molecule has 0 amide bonds. The maximum absolute atomic E-state index is 12.3. The standard InChI is InChI=1S/C16H17NO4S2/c1-21-16(18)12-9-14(11-15(10-12)22-2)17(23(3,19)20)13-7-5-4-6-8-13/h4-11H,1-3H3. The number of ether oxygens (including phenoxy) is 1. The number of rotatable bonds is 5. The normalized spacial score (nSPS) is 11.1. The Bertz CT molecular complexity index is 804. The van der Waals surface area contributed by atoms with E-state index in [2.05, 4.69) is 0 Å². The van der Waals surface area contributed by atoms with E-state index in [1.807, 2.05) is 12.3 Å². The zero-order valence-electron chi connectivity index (χ0n) is 13.0. The topological polar surface area (TPSA) is 63.7 Å². The average Bonchev–Trinajstić information content (AvgIpc) is 2.53. The van der Waals surface area contributed by atoms with Crippen molar-refractivity contribution in [3.8, 4) is 0 Å². The van der Waals surface area contributed by atoms with E-state index in [1.165, 1.54) is 29.2 Å². The number of anilines is 2. The van der Waals surface area contributed by atoms with Gasteiger partial charge in [0.15, 0.2) is 0 Å². The number of nitrogens with zero attached hydrogens (tertiary/aromatic N) is 1. The van der Waals surface area contributed by atoms with Gasteiger partial charge in [0.05, 0.1) is 30.3 Å². The smallest absolute Gasteiger partial charge is 0.337 e. The van der Waals surface area contributed by atoms with Gasteiger partial charge < -0.3 is 4.74 Å². The third-order valence-electron chi connectivity index (χ3n) is 3.10. The minimum Gasteiger partial charge on any atom is -0.465 e. The first-order valence-corrected chi connectivity index (χ1v) is 9.77. The lowest BCUT2D eigenvalue weighted by Gasteiger charge is -2.23. The summed E-state index contributed by atoms with van der Waals surface area (Å²) >= 11 is 1.42. The summed E-state index contributed by atoms with van der Waals surface area (Å²) in [5.74, 6) is -0.510. The molecule has 23 heavy (non-hydrogen) atoms. The lowest BCUT2D eigenvalue weighted by Crippen LogP contribution is -2.25. The lowest BCUT2D eigenvalue weighted by atomic mass is 10.2. The lowest BCUT2D eigenvalue weighted by molar-refractivity contribution is 0.0600. The van der Waals surface area contributed by atoms with Gasteiger partial charge in [-0.3, -0.25) is 0 Å². The highest BCUT2D eigenvalue weighted by Crippen LogP contribution is 2.32. The highest BCUT2D eigenvalue weighted by Gasteiger charge is 2.21. The maximum atomic E-state index is 12.3. The first kappa shape index (κ1) is 17.4. The number of thioether (sulfide) groups is 1. The number of hydrogen-bond donors (Lipinski definition) is 0. The molecule has 0 fully saturated rings. The van der Waals surface area contributed by atoms with Crippen molar-refractivity contribution in [2.24, 2.45) is 0 Å². The van der Waals surface area contributed by atoms with Gasteiger partial charge in [-0.2, -0.15) is 0 Å². The van der Waals surface area contributed by atoms with Gasteiger partial charge in [-0.15, -0.1) is 11.8 Å². The average molecular weight is 351 g/mol. The Balaban J connectivity index is 2.66. The molecule has 122 valence electrons. The number of esters is 1. The second-order valence-electron chi connectivity index (χ2n) is 4.77. The number of sulfonamides is 1. The van der Waals surface area contributed by atoms with Crippen LogP contribution in [-0.2, 0) is 14.8 Å². The van der Waals surface area contributed by atoms with Crippen LogP contribution in [0.5, 0.6) is 0 Å². The quantitative estimate of drug-likeness (QED) is 0.611. The monoisotopic (exact) mass is 351 g/mol. The molecule has 0 bridgehead atoms. The Morgan fingerprint density at radius 3 is 2.26 bits per heavy atom. The van der Waals surface area contributed by atoms with Crippen LogP contribution in [0.3, 0.4) is 0 Å². The number of benzene rings is 2. The van der Waals surface area contributed by atoms with E-state index in [0.29, 0.717) is 16.9 Å². The van der Waals surface area contributed by atoms with Gasteiger partial charge in [0, 0.05) is 4.90 Å². The predicted octanol–water partition coefficient (Wildman–Crippen LogP) is 3.29. The van der Waals surface area contributed by atoms with E-state index in [9.17, 15) is 13.2 Å². The van der Waals surface area contributed by atoms with Gasteiger partial charge in [0.1, 0.15) is 0 Å². The summed E-state index contributed by atoms with van der Waals surface area (Å²) < 4.78 is 30.5. The third kappa shape index (κ3) is 4.05. The minimum atomic E-state index is -3.57. The van der Waals surface area contributed by atoms with Crippen molar-refractivity contribution in [2.45, 2.75) is 4.90 Å². The Kier molecular flexibility index (Phi) is 5.33. The summed E-state index contributed by atoms with van der Waals surface area (Å²) in [5, 5.41) is 0. The van der Waals surface area contributed by atoms with Gasteiger partial charge in [-0.1, -0.05) is 18.2 Å². The molecule has 0 atom stereocenters. The van der Waals surface area contributed by atoms with Crippen LogP contribution in [0.25, 0.3) is 0 Å². The fraction of sp³-hybridized carbons (Fsp3) is 0.188. The highest BCUT2D eigenvalue weighted by atomic mass is 32.2. The molecule has 0 spiro atoms. The molecule has 5 nitrogen and oxygen atoms in total. The molecule has 2 aromatic carbocycles. The van der Waals surface area contributed by atoms with E-state index in [4.69, 9.17) is 4.74 Å². The van der Waals surface area contributed by atoms with Crippen LogP contribution < -0.4 is 4.31 Å². The van der Waals surface area contributed by atoms with E-state index < -0.39 is 16.0 Å². The summed E-state index contributed by atoms with van der Waals surface area (Å²) in [7, 11) is -2.28. The predicted molar refractivity (Wildman–Crippen MR) is 93.0 cm³/mol. The number of hydrogen-bond acceptors (Lipinski definition) is 5. The molecule has 0 aliphatic carbocycles. The van der Waals surface area contributed by atoms with Crippen molar-refractivity contribution in [3.63, 3.8) is 0 Å². The van der Waals surface area contributed by atoms with Crippen LogP contribution in [0.2, 0.25) is 0 Å². The summed E-state index contributed by atoms with van der Waals surface area (Å²) in [6.45, 7) is 0. The van der Waals surface area contributed by atoms with Crippen molar-refractivity contribution in [2.75, 3.05) is 23.9 Å². The molecule has 2 aromatic rings. The van der Waals surface area contributed by atoms with Gasteiger partial charge in [-0.05, 0) is 36.6 Å². The van der Waals surface area contributed by atoms with Crippen LogP contribution in [0.1, 0.15) is 10.4 Å². The van der Waals surface area contributed by atoms with Crippen molar-refractivity contribution < 1.29 is 17.9 Å². The number of para-hydroxylation sites is 1. The molecule has 7 heteroatoms. The fourth-order valence-electron chi connectivity index (χ4n) is 2.15. The Morgan fingerprint density at radius 2 is 1.74 bits per heavy atom. The maximum Gasteiger partial charge on any atom is 0.337 e. The molecule has 0 unspecified atom stereocenters. The Hall–Kier alpha value is -1.99. The first-order chi connectivity index (χ1) is 10.9. The summed E-state index contributed by atoms with van der Waals surface area (Å²) in [6.07, 6.45) is 2.98. The van der Waals surface area contributed by atoms with E-state index in [1.54, 1.807) is 36.4 Å². The van der Waals surface area contributed by atoms with Crippen molar-refractivity contribution in [1.82, 2.24) is 0 Å². The van der Waals surface area contributed by atoms with Crippen LogP contribution >= 0.6 is 11.8 Å². The van der Waals surface area contributed by atoms with Crippen molar-refractivity contribution in [1.29, 1.82) is 0 Å². The Labute approximate surface area is 140 Å². The summed E-state index contributed by atoms with van der Waals surface area (Å²) in [4.78, 5) is 12.6. The molecule has 0 heterocycles. The number of carbonyl (C=O) groups is 1. The van der Waals surface area contributed by atoms with E-state index in [-0.39, 0.29) is 0 Å². The SMILES string of the molecule is COC(=O)c1cc(SC)cc(N(c2ccccc2)S(C)(=O)=O)c1. The van der Waals surface area contributed by atoms with Gasteiger partial charge >= 0.3 is 5.97 Å². The van der Waals surface area contributed by atoms with Crippen LogP contribution in [-0.4, -0.2) is 34.0 Å². The largest absolute Gasteiger partial charge is 0.465 e. The van der Waals surface area contributed by atoms with Crippen LogP contribution in [0.15, 0.2) is 53.4 Å². The molecule has 0 radical (unpaired) electrons. The first-order valence-electron chi connectivity index (χ1n) is 6.69. The van der Waals surface area contributed by atoms with Crippen LogP contribution in [0, 0.1) is 0 Å². The highest BCUT2D eigenvalue weighted by molar-refractivity contribution is 7.98. The second-order valence-corrected chi connectivity index (χ2v) is 7.49. The van der Waals surface area contributed by atoms with E-state index >= 15 is 0 Å². The Morgan fingerprint density at radius 1 is 1.09 bits per heavy atom. The van der Waals surface area contributed by atoms with Crippen LogP contribution in [0.4, 0.5) is 11.4 Å². The number of methoxy groups -OCH3 is 1. The number of carbonyl (C=O) groups excluding carboxylic acids is 1. The van der Waals surface area contributed by atoms with Crippen molar-refractivity contribution in [3.05, 3.63) is 54.1 Å². The summed E-state index contributed by atoms with van der Waals surface area (Å²) in [6, 6.07) is 13.6. The summed E-state index contributed by atoms with van der Waals surface area (Å²) in [5.41, 5.74) is 1.20. The molecule has 0 saturated heterocycles. The van der Waals surface area contributed by atoms with Gasteiger partial charge in [0.25, 0.3) is 0 Å². The molecular weight excluding hydrogens is 334 g/mol. The molecule has 0 aliphatic heterocycles. The third-order valence-corrected chi connectivity index (χ3v) is 4.90. The molecule has 2 rings (SSSR count). The van der Waals surface area contributed by atoms with E-state index in [0.717, 1.165) is 11.2 Å². The molecule has 0 aliphatic rings. The second kappa shape index (κ2) is 7.06. The molecule has 0 aromatic heterocycles. The minimum absolute atomic E-state index is 0.305.